The van der Waals surface area contributed by atoms with E-state index in [2.05, 4.69) is 6.58 Å². The minimum absolute atomic E-state index is 0.0170. The van der Waals surface area contributed by atoms with E-state index in [0.29, 0.717) is 32.3 Å². The quantitative estimate of drug-likeness (QED) is 0.322. The molecule has 8 nitrogen and oxygen atoms in total. The molecule has 200 valence electrons. The topological polar surface area (TPSA) is 101 Å². The van der Waals surface area contributed by atoms with E-state index in [1.165, 1.54) is 7.11 Å². The van der Waals surface area contributed by atoms with Crippen molar-refractivity contribution in [3.8, 4) is 0 Å². The van der Waals surface area contributed by atoms with Gasteiger partial charge in [-0.15, -0.1) is 0 Å². The fraction of sp³-hybridized carbons (Fsp3) is 0.655. The molecule has 4 aliphatic carbocycles. The minimum atomic E-state index is -1.34. The van der Waals surface area contributed by atoms with Crippen LogP contribution in [-0.2, 0) is 39.9 Å². The zero-order chi connectivity index (χ0) is 26.1. The lowest BCUT2D eigenvalue weighted by atomic mass is 9.58. The van der Waals surface area contributed by atoms with Crippen molar-refractivity contribution in [1.29, 1.82) is 0 Å². The summed E-state index contributed by atoms with van der Waals surface area (Å²) in [6.45, 7) is 4.81. The highest BCUT2D eigenvalue weighted by atomic mass is 16.7. The third kappa shape index (κ3) is 3.16. The van der Waals surface area contributed by atoms with Gasteiger partial charge in [0.25, 0.3) is 0 Å². The number of fused-ring (bicyclic) bond motifs is 1. The van der Waals surface area contributed by atoms with E-state index >= 15 is 0 Å². The Morgan fingerprint density at radius 3 is 2.70 bits per heavy atom. The molecule has 0 aromatic heterocycles. The second kappa shape index (κ2) is 8.63. The highest BCUT2D eigenvalue weighted by Crippen LogP contribution is 2.79. The molecule has 8 heteroatoms. The van der Waals surface area contributed by atoms with Crippen molar-refractivity contribution in [3.05, 3.63) is 48.0 Å². The monoisotopic (exact) mass is 512 g/mol. The number of hydrogen-bond donors (Lipinski definition) is 1. The second-order valence-corrected chi connectivity index (χ2v) is 11.7. The first kappa shape index (κ1) is 25.0. The molecule has 1 aromatic rings. The maximum absolute atomic E-state index is 13.8. The molecule has 8 atom stereocenters. The van der Waals surface area contributed by atoms with Gasteiger partial charge in [0.1, 0.15) is 17.8 Å². The zero-order valence-electron chi connectivity index (χ0n) is 21.6. The zero-order valence-corrected chi connectivity index (χ0v) is 21.6. The van der Waals surface area contributed by atoms with Gasteiger partial charge in [-0.1, -0.05) is 36.9 Å². The predicted molar refractivity (Wildman–Crippen MR) is 131 cm³/mol. The van der Waals surface area contributed by atoms with E-state index in [1.54, 1.807) is 7.11 Å². The number of ether oxygens (including phenoxy) is 5. The van der Waals surface area contributed by atoms with Gasteiger partial charge in [0, 0.05) is 18.9 Å². The van der Waals surface area contributed by atoms with Crippen molar-refractivity contribution < 1.29 is 38.4 Å². The summed E-state index contributed by atoms with van der Waals surface area (Å²) in [5, 5.41) is 11.5. The third-order valence-corrected chi connectivity index (χ3v) is 10.4. The van der Waals surface area contributed by atoms with E-state index in [9.17, 15) is 14.7 Å². The first-order valence-corrected chi connectivity index (χ1v) is 13.2. The Labute approximate surface area is 217 Å². The van der Waals surface area contributed by atoms with E-state index in [0.717, 1.165) is 24.0 Å². The number of carbonyl (C=O) groups excluding carboxylic acids is 2. The van der Waals surface area contributed by atoms with Gasteiger partial charge in [-0.3, -0.25) is 9.59 Å². The van der Waals surface area contributed by atoms with Crippen LogP contribution in [0.15, 0.2) is 42.5 Å². The molecule has 5 fully saturated rings. The molecule has 0 unspecified atom stereocenters. The van der Waals surface area contributed by atoms with Gasteiger partial charge in [0.05, 0.1) is 37.9 Å². The molecule has 37 heavy (non-hydrogen) atoms. The number of esters is 2. The molecule has 1 spiro atoms. The third-order valence-electron chi connectivity index (χ3n) is 10.4. The second-order valence-electron chi connectivity index (χ2n) is 11.7. The molecule has 0 amide bonds. The highest BCUT2D eigenvalue weighted by molar-refractivity contribution is 5.86. The van der Waals surface area contributed by atoms with Crippen LogP contribution in [0.2, 0.25) is 0 Å². The lowest BCUT2D eigenvalue weighted by molar-refractivity contribution is -0.175. The SMILES string of the molecule is C=C1C[C@]23C[C@@]1(OCOC)CC[C@H]2[C@@]12CC[C@@H](O)[C@@](COCc4ccccc4)(C(=O)O1)[C@H]2[C@@H]3C(=O)OC. The van der Waals surface area contributed by atoms with E-state index < -0.39 is 45.9 Å². The number of aliphatic hydroxyl groups excluding tert-OH is 1. The van der Waals surface area contributed by atoms with Gasteiger partial charge in [-0.05, 0) is 55.1 Å². The van der Waals surface area contributed by atoms with Gasteiger partial charge in [-0.2, -0.15) is 0 Å². The number of benzene rings is 1. The molecule has 4 bridgehead atoms. The summed E-state index contributed by atoms with van der Waals surface area (Å²) in [5.74, 6) is -2.07. The molecule has 1 heterocycles. The number of rotatable bonds is 8. The van der Waals surface area contributed by atoms with Crippen LogP contribution < -0.4 is 0 Å². The normalized spacial score (nSPS) is 43.3. The Balaban J connectivity index is 1.42. The van der Waals surface area contributed by atoms with Crippen LogP contribution >= 0.6 is 0 Å². The number of hydrogen-bond acceptors (Lipinski definition) is 8. The van der Waals surface area contributed by atoms with Crippen molar-refractivity contribution >= 4 is 11.9 Å². The molecule has 6 rings (SSSR count). The summed E-state index contributed by atoms with van der Waals surface area (Å²) in [4.78, 5) is 27.5. The summed E-state index contributed by atoms with van der Waals surface area (Å²) >= 11 is 0. The number of methoxy groups -OCH3 is 2. The Morgan fingerprint density at radius 1 is 1.19 bits per heavy atom. The molecule has 4 saturated carbocycles. The lowest BCUT2D eigenvalue weighted by Crippen LogP contribution is -2.57. The van der Waals surface area contributed by atoms with E-state index in [4.69, 9.17) is 23.7 Å². The summed E-state index contributed by atoms with van der Waals surface area (Å²) in [6.07, 6.45) is 2.61. The molecule has 5 aliphatic rings. The van der Waals surface area contributed by atoms with Crippen LogP contribution in [0.1, 0.15) is 44.1 Å². The van der Waals surface area contributed by atoms with Gasteiger partial charge >= 0.3 is 11.9 Å². The number of aliphatic hydroxyl groups is 1. The van der Waals surface area contributed by atoms with Crippen molar-refractivity contribution in [1.82, 2.24) is 0 Å². The molecule has 0 radical (unpaired) electrons. The van der Waals surface area contributed by atoms with Crippen molar-refractivity contribution in [2.24, 2.45) is 28.6 Å². The standard InChI is InChI=1S/C29H36O8/c1-18-13-26-15-27(18,36-17-33-2)11-9-20(26)29-12-10-21(30)28(25(32)37-29,23(29)22(26)24(31)34-3)16-35-14-19-7-5-4-6-8-19/h4-8,20-23,30H,1,9-17H2,2-3H3/t20-,21-,22-,23-,26+,27+,28-,29-/m1/s1. The fourth-order valence-electron chi connectivity index (χ4n) is 9.11. The van der Waals surface area contributed by atoms with Crippen LogP contribution in [-0.4, -0.2) is 62.0 Å². The Kier molecular flexibility index (Phi) is 5.84. The molecule has 1 saturated heterocycles. The van der Waals surface area contributed by atoms with Crippen LogP contribution in [0, 0.1) is 28.6 Å². The van der Waals surface area contributed by atoms with Crippen LogP contribution in [0.3, 0.4) is 0 Å². The molecule has 1 N–H and O–H groups in total. The summed E-state index contributed by atoms with van der Waals surface area (Å²) in [5.41, 5.74) is -1.37. The molecule has 1 aromatic carbocycles. The van der Waals surface area contributed by atoms with Crippen LogP contribution in [0.5, 0.6) is 0 Å². The molecule has 1 aliphatic heterocycles. The highest BCUT2D eigenvalue weighted by Gasteiger charge is 2.85. The van der Waals surface area contributed by atoms with Gasteiger partial charge in [0.15, 0.2) is 0 Å². The Morgan fingerprint density at radius 2 is 1.97 bits per heavy atom. The van der Waals surface area contributed by atoms with Crippen LogP contribution in [0.25, 0.3) is 0 Å². The minimum Gasteiger partial charge on any atom is -0.469 e. The maximum atomic E-state index is 13.8. The van der Waals surface area contributed by atoms with Gasteiger partial charge in [-0.25, -0.2) is 0 Å². The van der Waals surface area contributed by atoms with Gasteiger partial charge < -0.3 is 28.8 Å². The first-order chi connectivity index (χ1) is 17.8. The van der Waals surface area contributed by atoms with Crippen molar-refractivity contribution in [2.75, 3.05) is 27.6 Å². The lowest BCUT2D eigenvalue weighted by Gasteiger charge is -2.46. The Hall–Kier alpha value is -2.26. The van der Waals surface area contributed by atoms with Crippen molar-refractivity contribution in [2.45, 2.75) is 62.4 Å². The summed E-state index contributed by atoms with van der Waals surface area (Å²) in [7, 11) is 2.98. The van der Waals surface area contributed by atoms with Crippen LogP contribution in [0.4, 0.5) is 0 Å². The maximum Gasteiger partial charge on any atom is 0.318 e. The number of carbonyl (C=O) groups is 2. The van der Waals surface area contributed by atoms with Gasteiger partial charge in [0.2, 0.25) is 0 Å². The fourth-order valence-corrected chi connectivity index (χ4v) is 9.11. The largest absolute Gasteiger partial charge is 0.469 e. The average Bonchev–Trinajstić information content (AvgIpc) is 3.35. The molecular weight excluding hydrogens is 476 g/mol. The molecular formula is C29H36O8. The van der Waals surface area contributed by atoms with Crippen molar-refractivity contribution in [3.63, 3.8) is 0 Å². The first-order valence-electron chi connectivity index (χ1n) is 13.2. The Bertz CT molecular complexity index is 1100. The average molecular weight is 513 g/mol. The predicted octanol–water partition coefficient (Wildman–Crippen LogP) is 3.16. The summed E-state index contributed by atoms with van der Waals surface area (Å²) in [6, 6.07) is 9.70. The van der Waals surface area contributed by atoms with E-state index in [1.807, 2.05) is 30.3 Å². The van der Waals surface area contributed by atoms with E-state index in [-0.39, 0.29) is 25.3 Å². The smallest absolute Gasteiger partial charge is 0.318 e. The summed E-state index contributed by atoms with van der Waals surface area (Å²) < 4.78 is 29.4.